The molecule has 2 heteroatoms. The van der Waals surface area contributed by atoms with Crippen LogP contribution in [-0.2, 0) is 0 Å². The van der Waals surface area contributed by atoms with Crippen molar-refractivity contribution in [3.8, 4) is 0 Å². The highest BCUT2D eigenvalue weighted by Crippen LogP contribution is 2.36. The maximum absolute atomic E-state index is 6.42. The van der Waals surface area contributed by atoms with E-state index in [1.54, 1.807) is 0 Å². The topological polar surface area (TPSA) is 0 Å². The van der Waals surface area contributed by atoms with Gasteiger partial charge in [-0.05, 0) is 37.5 Å². The van der Waals surface area contributed by atoms with E-state index in [1.165, 1.54) is 24.0 Å². The van der Waals surface area contributed by atoms with Gasteiger partial charge in [-0.1, -0.05) is 78.5 Å². The minimum Gasteiger partial charge on any atom is -0.0837 e. The first kappa shape index (κ1) is 16.1. The summed E-state index contributed by atoms with van der Waals surface area (Å²) in [4.78, 5) is 0. The molecule has 2 aromatic carbocycles. The highest BCUT2D eigenvalue weighted by molar-refractivity contribution is 6.34. The summed E-state index contributed by atoms with van der Waals surface area (Å²) < 4.78 is 0. The van der Waals surface area contributed by atoms with E-state index in [2.05, 4.69) is 26.0 Å². The molecule has 0 heterocycles. The van der Waals surface area contributed by atoms with Gasteiger partial charge in [0.05, 0.1) is 0 Å². The predicted octanol–water partition coefficient (Wildman–Crippen LogP) is 7.01. The summed E-state index contributed by atoms with van der Waals surface area (Å²) in [5, 5.41) is 1.53. The Morgan fingerprint density at radius 1 is 0.857 bits per heavy atom. The third-order valence-corrected chi connectivity index (χ3v) is 4.28. The van der Waals surface area contributed by atoms with E-state index in [1.807, 2.05) is 36.4 Å². The second-order valence-corrected chi connectivity index (χ2v) is 6.03. The highest BCUT2D eigenvalue weighted by Gasteiger charge is 2.14. The second-order valence-electron chi connectivity index (χ2n) is 5.22. The van der Waals surface area contributed by atoms with Crippen molar-refractivity contribution in [3.05, 3.63) is 75.3 Å². The van der Waals surface area contributed by atoms with Crippen molar-refractivity contribution in [3.63, 3.8) is 0 Å². The smallest absolute Gasteiger partial charge is 0.0484 e. The average Bonchev–Trinajstić information content (AvgIpc) is 2.49. The minimum atomic E-state index is 0.767. The van der Waals surface area contributed by atoms with E-state index in [4.69, 9.17) is 23.2 Å². The molecule has 0 spiro atoms. The van der Waals surface area contributed by atoms with Crippen LogP contribution >= 0.6 is 23.2 Å². The molecule has 0 radical (unpaired) electrons. The quantitative estimate of drug-likeness (QED) is 0.556. The summed E-state index contributed by atoms with van der Waals surface area (Å²) >= 11 is 12.8. The normalized spacial score (nSPS) is 10.5. The number of halogens is 2. The maximum atomic E-state index is 6.42. The summed E-state index contributed by atoms with van der Waals surface area (Å²) in [6.45, 7) is 4.38. The molecule has 0 aromatic heterocycles. The Balaban J connectivity index is 2.61. The zero-order valence-corrected chi connectivity index (χ0v) is 14.0. The molecule has 0 unspecified atom stereocenters. The number of unbranched alkanes of at least 4 members (excludes halogenated alkanes) is 1. The number of hydrogen-bond donors (Lipinski definition) is 0. The van der Waals surface area contributed by atoms with E-state index in [9.17, 15) is 0 Å². The van der Waals surface area contributed by atoms with Crippen LogP contribution in [0.1, 0.15) is 44.2 Å². The van der Waals surface area contributed by atoms with Crippen LogP contribution in [0.15, 0.2) is 54.1 Å². The largest absolute Gasteiger partial charge is 0.0837 e. The van der Waals surface area contributed by atoms with Crippen LogP contribution in [-0.4, -0.2) is 0 Å². The Kier molecular flexibility index (Phi) is 5.90. The van der Waals surface area contributed by atoms with Crippen molar-refractivity contribution in [1.82, 2.24) is 0 Å². The fraction of sp³-hybridized carbons (Fsp3) is 0.263. The van der Waals surface area contributed by atoms with Crippen molar-refractivity contribution < 1.29 is 0 Å². The highest BCUT2D eigenvalue weighted by atomic mass is 35.5. The Bertz CT molecular complexity index is 594. The maximum Gasteiger partial charge on any atom is 0.0484 e. The molecule has 0 atom stereocenters. The number of rotatable bonds is 5. The summed E-state index contributed by atoms with van der Waals surface area (Å²) in [5.41, 5.74) is 4.61. The van der Waals surface area contributed by atoms with Gasteiger partial charge in [0.25, 0.3) is 0 Å². The molecule has 2 rings (SSSR count). The lowest BCUT2D eigenvalue weighted by Gasteiger charge is -2.16. The summed E-state index contributed by atoms with van der Waals surface area (Å²) in [6.07, 6.45) is 3.40. The standard InChI is InChI=1S/C19H20Cl2/c1-3-4-9-14(2)19(15-10-5-7-12-17(15)20)16-11-6-8-13-18(16)21/h5-8,10-13H,3-4,9H2,1-2H3. The summed E-state index contributed by atoms with van der Waals surface area (Å²) in [5.74, 6) is 0. The van der Waals surface area contributed by atoms with Gasteiger partial charge >= 0.3 is 0 Å². The molecule has 0 aliphatic rings. The Morgan fingerprint density at radius 2 is 1.33 bits per heavy atom. The van der Waals surface area contributed by atoms with Gasteiger partial charge in [-0.15, -0.1) is 0 Å². The van der Waals surface area contributed by atoms with Gasteiger partial charge in [-0.25, -0.2) is 0 Å². The number of allylic oxidation sites excluding steroid dienone is 1. The van der Waals surface area contributed by atoms with Crippen molar-refractivity contribution in [2.24, 2.45) is 0 Å². The fourth-order valence-corrected chi connectivity index (χ4v) is 2.96. The summed E-state index contributed by atoms with van der Waals surface area (Å²) in [6, 6.07) is 15.9. The molecular weight excluding hydrogens is 299 g/mol. The molecule has 0 bridgehead atoms. The molecule has 2 aromatic rings. The number of hydrogen-bond acceptors (Lipinski definition) is 0. The van der Waals surface area contributed by atoms with E-state index < -0.39 is 0 Å². The monoisotopic (exact) mass is 318 g/mol. The predicted molar refractivity (Wildman–Crippen MR) is 94.1 cm³/mol. The Hall–Kier alpha value is -1.24. The zero-order chi connectivity index (χ0) is 15.2. The van der Waals surface area contributed by atoms with Crippen molar-refractivity contribution in [1.29, 1.82) is 0 Å². The van der Waals surface area contributed by atoms with Gasteiger partial charge in [-0.2, -0.15) is 0 Å². The first-order valence-electron chi connectivity index (χ1n) is 7.34. The van der Waals surface area contributed by atoms with Crippen LogP contribution < -0.4 is 0 Å². The van der Waals surface area contributed by atoms with Gasteiger partial charge < -0.3 is 0 Å². The van der Waals surface area contributed by atoms with Crippen molar-refractivity contribution >= 4 is 28.8 Å². The number of benzene rings is 2. The van der Waals surface area contributed by atoms with Gasteiger partial charge in [-0.3, -0.25) is 0 Å². The molecule has 0 N–H and O–H groups in total. The van der Waals surface area contributed by atoms with E-state index in [0.717, 1.165) is 27.6 Å². The molecule has 0 amide bonds. The van der Waals surface area contributed by atoms with Crippen LogP contribution in [0.3, 0.4) is 0 Å². The summed E-state index contributed by atoms with van der Waals surface area (Å²) in [7, 11) is 0. The van der Waals surface area contributed by atoms with Gasteiger partial charge in [0.1, 0.15) is 0 Å². The lowest BCUT2D eigenvalue weighted by molar-refractivity contribution is 0.789. The second kappa shape index (κ2) is 7.68. The first-order valence-corrected chi connectivity index (χ1v) is 8.10. The van der Waals surface area contributed by atoms with Gasteiger partial charge in [0, 0.05) is 21.2 Å². The van der Waals surface area contributed by atoms with E-state index >= 15 is 0 Å². The van der Waals surface area contributed by atoms with E-state index in [0.29, 0.717) is 0 Å². The zero-order valence-electron chi connectivity index (χ0n) is 12.5. The third-order valence-electron chi connectivity index (χ3n) is 3.62. The molecule has 0 fully saturated rings. The van der Waals surface area contributed by atoms with Crippen LogP contribution in [0.25, 0.3) is 5.57 Å². The SMILES string of the molecule is CCCCC(C)=C(c1ccccc1Cl)c1ccccc1Cl. The third kappa shape index (κ3) is 3.90. The molecule has 0 saturated carbocycles. The van der Waals surface area contributed by atoms with Gasteiger partial charge in [0.2, 0.25) is 0 Å². The van der Waals surface area contributed by atoms with Crippen LogP contribution in [0.2, 0.25) is 10.0 Å². The Labute approximate surface area is 137 Å². The average molecular weight is 319 g/mol. The van der Waals surface area contributed by atoms with E-state index in [-0.39, 0.29) is 0 Å². The van der Waals surface area contributed by atoms with Crippen LogP contribution in [0.5, 0.6) is 0 Å². The molecule has 21 heavy (non-hydrogen) atoms. The molecule has 0 aliphatic carbocycles. The lowest BCUT2D eigenvalue weighted by atomic mass is 9.91. The van der Waals surface area contributed by atoms with Gasteiger partial charge in [0.15, 0.2) is 0 Å². The lowest BCUT2D eigenvalue weighted by Crippen LogP contribution is -1.95. The molecule has 0 saturated heterocycles. The fourth-order valence-electron chi connectivity index (χ4n) is 2.50. The molecular formula is C19H20Cl2. The van der Waals surface area contributed by atoms with Crippen molar-refractivity contribution in [2.75, 3.05) is 0 Å². The van der Waals surface area contributed by atoms with Crippen LogP contribution in [0, 0.1) is 0 Å². The first-order chi connectivity index (χ1) is 10.1. The minimum absolute atomic E-state index is 0.767. The molecule has 110 valence electrons. The Morgan fingerprint density at radius 3 is 1.76 bits per heavy atom. The van der Waals surface area contributed by atoms with Crippen molar-refractivity contribution in [2.45, 2.75) is 33.1 Å². The molecule has 0 aliphatic heterocycles. The van der Waals surface area contributed by atoms with Crippen LogP contribution in [0.4, 0.5) is 0 Å². The molecule has 0 nitrogen and oxygen atoms in total.